The van der Waals surface area contributed by atoms with E-state index in [1.54, 1.807) is 36.1 Å². The van der Waals surface area contributed by atoms with E-state index in [0.29, 0.717) is 17.7 Å². The van der Waals surface area contributed by atoms with Gasteiger partial charge in [0.25, 0.3) is 5.91 Å². The highest BCUT2D eigenvalue weighted by Gasteiger charge is 2.43. The van der Waals surface area contributed by atoms with Gasteiger partial charge in [0, 0.05) is 32.6 Å². The molecule has 33 heavy (non-hydrogen) atoms. The summed E-state index contributed by atoms with van der Waals surface area (Å²) in [6, 6.07) is 11.4. The van der Waals surface area contributed by atoms with E-state index in [0.717, 1.165) is 0 Å². The molecule has 0 saturated carbocycles. The summed E-state index contributed by atoms with van der Waals surface area (Å²) in [4.78, 5) is 27.2. The number of hydrogen-bond acceptors (Lipinski definition) is 5. The SMILES string of the molecule is C=NN1/C(=C(/OCC)C(C)=O)C(=O)N(CC)C[C@@H]1C(c1cccc(F)c1)c1cccc(F)c1. The third-order valence-corrected chi connectivity index (χ3v) is 5.60. The summed E-state index contributed by atoms with van der Waals surface area (Å²) >= 11 is 0. The van der Waals surface area contributed by atoms with Gasteiger partial charge in [0.05, 0.1) is 12.6 Å². The van der Waals surface area contributed by atoms with E-state index in [1.165, 1.54) is 36.2 Å². The van der Waals surface area contributed by atoms with Crippen molar-refractivity contribution < 1.29 is 23.1 Å². The Balaban J connectivity index is 2.27. The lowest BCUT2D eigenvalue weighted by molar-refractivity contribution is -0.134. The predicted molar refractivity (Wildman–Crippen MR) is 121 cm³/mol. The number of nitrogens with zero attached hydrogens (tertiary/aromatic N) is 3. The maximum atomic E-state index is 14.2. The summed E-state index contributed by atoms with van der Waals surface area (Å²) in [5.41, 5.74) is 1.12. The molecule has 0 N–H and O–H groups in total. The number of carbonyl (C=O) groups is 2. The number of ketones is 1. The van der Waals surface area contributed by atoms with Gasteiger partial charge in [-0.1, -0.05) is 24.3 Å². The second-order valence-electron chi connectivity index (χ2n) is 7.65. The Kier molecular flexibility index (Phi) is 7.58. The minimum absolute atomic E-state index is 0.0322. The van der Waals surface area contributed by atoms with Gasteiger partial charge in [-0.25, -0.2) is 8.78 Å². The topological polar surface area (TPSA) is 62.2 Å². The number of halogens is 2. The van der Waals surface area contributed by atoms with Gasteiger partial charge in [0.1, 0.15) is 11.6 Å². The highest BCUT2D eigenvalue weighted by Crippen LogP contribution is 2.37. The Hall–Kier alpha value is -3.55. The fourth-order valence-corrected chi connectivity index (χ4v) is 4.21. The molecule has 1 aliphatic heterocycles. The van der Waals surface area contributed by atoms with Crippen LogP contribution in [0.2, 0.25) is 0 Å². The molecule has 8 heteroatoms. The second kappa shape index (κ2) is 10.4. The first-order valence-corrected chi connectivity index (χ1v) is 10.8. The van der Waals surface area contributed by atoms with Crippen molar-refractivity contribution in [2.75, 3.05) is 19.7 Å². The highest BCUT2D eigenvalue weighted by molar-refractivity contribution is 6.03. The molecule has 1 aliphatic rings. The molecule has 2 aromatic rings. The maximum absolute atomic E-state index is 14.2. The first-order valence-electron chi connectivity index (χ1n) is 10.8. The van der Waals surface area contributed by atoms with Crippen LogP contribution in [0, 0.1) is 11.6 Å². The summed E-state index contributed by atoms with van der Waals surface area (Å²) in [6.45, 7) is 9.20. The van der Waals surface area contributed by atoms with Crippen LogP contribution in [0.1, 0.15) is 37.8 Å². The summed E-state index contributed by atoms with van der Waals surface area (Å²) in [5, 5.41) is 5.45. The lowest BCUT2D eigenvalue weighted by Gasteiger charge is -2.44. The molecular weight excluding hydrogens is 428 g/mol. The van der Waals surface area contributed by atoms with Crippen LogP contribution in [0.4, 0.5) is 8.78 Å². The molecule has 0 unspecified atom stereocenters. The third kappa shape index (κ3) is 4.94. The Morgan fingerprint density at radius 3 is 2.15 bits per heavy atom. The van der Waals surface area contributed by atoms with E-state index in [1.807, 2.05) is 6.92 Å². The number of hydrogen-bond donors (Lipinski definition) is 0. The monoisotopic (exact) mass is 455 g/mol. The number of Topliss-reactive ketones (excluding diaryl/α,β-unsaturated/α-hetero) is 1. The van der Waals surface area contributed by atoms with Crippen molar-refractivity contribution in [1.82, 2.24) is 9.91 Å². The summed E-state index contributed by atoms with van der Waals surface area (Å²) < 4.78 is 34.0. The molecule has 0 spiro atoms. The van der Waals surface area contributed by atoms with Crippen LogP contribution < -0.4 is 0 Å². The molecule has 1 saturated heterocycles. The van der Waals surface area contributed by atoms with Crippen molar-refractivity contribution in [2.45, 2.75) is 32.7 Å². The number of likely N-dealkylation sites (N-methyl/N-ethyl adjacent to an activating group) is 1. The molecule has 0 aliphatic carbocycles. The largest absolute Gasteiger partial charge is 0.488 e. The van der Waals surface area contributed by atoms with E-state index < -0.39 is 35.3 Å². The summed E-state index contributed by atoms with van der Waals surface area (Å²) in [7, 11) is 0. The van der Waals surface area contributed by atoms with Crippen LogP contribution in [0.15, 0.2) is 65.1 Å². The Labute approximate surface area is 192 Å². The Bertz CT molecular complexity index is 1040. The first-order chi connectivity index (χ1) is 15.8. The van der Waals surface area contributed by atoms with E-state index in [2.05, 4.69) is 11.8 Å². The fourth-order valence-electron chi connectivity index (χ4n) is 4.21. The molecule has 1 heterocycles. The maximum Gasteiger partial charge on any atom is 0.276 e. The molecule has 1 amide bonds. The van der Waals surface area contributed by atoms with E-state index in [4.69, 9.17) is 4.74 Å². The number of piperazine rings is 1. The van der Waals surface area contributed by atoms with Crippen LogP contribution in [0.5, 0.6) is 0 Å². The average Bonchev–Trinajstić information content (AvgIpc) is 2.78. The smallest absolute Gasteiger partial charge is 0.276 e. The Morgan fingerprint density at radius 2 is 1.73 bits per heavy atom. The van der Waals surface area contributed by atoms with Crippen molar-refractivity contribution in [2.24, 2.45) is 5.10 Å². The van der Waals surface area contributed by atoms with Gasteiger partial charge in [-0.2, -0.15) is 5.10 Å². The number of amides is 1. The van der Waals surface area contributed by atoms with Crippen LogP contribution in [-0.2, 0) is 14.3 Å². The van der Waals surface area contributed by atoms with Gasteiger partial charge < -0.3 is 9.64 Å². The Morgan fingerprint density at radius 1 is 1.15 bits per heavy atom. The molecule has 174 valence electrons. The fraction of sp³-hybridized carbons (Fsp3) is 0.320. The van der Waals surface area contributed by atoms with Gasteiger partial charge in [-0.3, -0.25) is 14.6 Å². The number of hydrazone groups is 1. The number of carbonyl (C=O) groups excluding carboxylic acids is 2. The van der Waals surface area contributed by atoms with Crippen LogP contribution in [0.25, 0.3) is 0 Å². The van der Waals surface area contributed by atoms with Crippen LogP contribution in [-0.4, -0.2) is 54.1 Å². The number of allylic oxidation sites excluding steroid dienone is 1. The standard InChI is InChI=1S/C25H27F2N3O3/c1-5-29-15-21(30(28-4)23(25(29)32)24(16(3)31)33-6-2)22(17-9-7-11-19(26)13-17)18-10-8-12-20(27)14-18/h7-14,21-22H,4-6,15H2,1-3H3/b24-23+/t21-/m1/s1. The number of ether oxygens (including phenoxy) is 1. The molecule has 1 atom stereocenters. The van der Waals surface area contributed by atoms with E-state index >= 15 is 0 Å². The molecule has 0 aromatic heterocycles. The van der Waals surface area contributed by atoms with Crippen molar-refractivity contribution in [1.29, 1.82) is 0 Å². The average molecular weight is 456 g/mol. The molecule has 1 fully saturated rings. The van der Waals surface area contributed by atoms with Crippen LogP contribution >= 0.6 is 0 Å². The predicted octanol–water partition coefficient (Wildman–Crippen LogP) is 4.08. The zero-order chi connectivity index (χ0) is 24.1. The number of rotatable bonds is 8. The van der Waals surface area contributed by atoms with Gasteiger partial charge in [-0.05, 0) is 49.2 Å². The van der Waals surface area contributed by atoms with Crippen LogP contribution in [0.3, 0.4) is 0 Å². The molecule has 0 radical (unpaired) electrons. The molecular formula is C25H27F2N3O3. The van der Waals surface area contributed by atoms with Gasteiger partial charge >= 0.3 is 0 Å². The molecule has 3 rings (SSSR count). The zero-order valence-corrected chi connectivity index (χ0v) is 18.9. The second-order valence-corrected chi connectivity index (χ2v) is 7.65. The van der Waals surface area contributed by atoms with Gasteiger partial charge in [0.2, 0.25) is 0 Å². The molecule has 0 bridgehead atoms. The molecule has 6 nitrogen and oxygen atoms in total. The quantitative estimate of drug-likeness (QED) is 0.342. The summed E-state index contributed by atoms with van der Waals surface area (Å²) in [5.74, 6) is -2.44. The highest BCUT2D eigenvalue weighted by atomic mass is 19.1. The van der Waals surface area contributed by atoms with Crippen molar-refractivity contribution in [3.05, 3.63) is 82.7 Å². The van der Waals surface area contributed by atoms with Crippen molar-refractivity contribution in [3.63, 3.8) is 0 Å². The third-order valence-electron chi connectivity index (χ3n) is 5.60. The minimum Gasteiger partial charge on any atom is -0.488 e. The van der Waals surface area contributed by atoms with Crippen molar-refractivity contribution >= 4 is 18.4 Å². The zero-order valence-electron chi connectivity index (χ0n) is 18.9. The first kappa shape index (κ1) is 24.1. The molecule has 2 aromatic carbocycles. The normalized spacial score (nSPS) is 17.9. The lowest BCUT2D eigenvalue weighted by Crippen LogP contribution is -2.55. The summed E-state index contributed by atoms with van der Waals surface area (Å²) in [6.07, 6.45) is 0. The number of benzene rings is 2. The van der Waals surface area contributed by atoms with Crippen molar-refractivity contribution in [3.8, 4) is 0 Å². The lowest BCUT2D eigenvalue weighted by atomic mass is 9.83. The van der Waals surface area contributed by atoms with E-state index in [-0.39, 0.29) is 24.6 Å². The van der Waals surface area contributed by atoms with E-state index in [9.17, 15) is 18.4 Å². The minimum atomic E-state index is -0.603. The van der Waals surface area contributed by atoms with Gasteiger partial charge in [0.15, 0.2) is 17.2 Å². The van der Waals surface area contributed by atoms with Gasteiger partial charge in [-0.15, -0.1) is 0 Å².